The average Bonchev–Trinajstić information content (AvgIpc) is 1.98. The van der Waals surface area contributed by atoms with E-state index in [1.165, 1.54) is 7.11 Å². The van der Waals surface area contributed by atoms with Crippen molar-refractivity contribution < 1.29 is 9.53 Å². The zero-order valence-electron chi connectivity index (χ0n) is 5.63. The average molecular weight is 143 g/mol. The summed E-state index contributed by atoms with van der Waals surface area (Å²) >= 11 is 0. The Morgan fingerprint density at radius 1 is 1.90 bits per heavy atom. The Morgan fingerprint density at radius 2 is 2.50 bits per heavy atom. The third kappa shape index (κ3) is 2.83. The number of hydrogen-bond donors (Lipinski definition) is 2. The van der Waals surface area contributed by atoms with Gasteiger partial charge in [0.15, 0.2) is 0 Å². The van der Waals surface area contributed by atoms with Gasteiger partial charge in [0, 0.05) is 0 Å². The predicted octanol–water partition coefficient (Wildman–Crippen LogP) is -0.835. The minimum atomic E-state index is -0.577. The van der Waals surface area contributed by atoms with Gasteiger partial charge in [0.25, 0.3) is 0 Å². The fourth-order valence-electron chi connectivity index (χ4n) is 0.286. The largest absolute Gasteiger partial charge is 0.464 e. The number of nitrogens with two attached hydrogens (primary N) is 1. The third-order valence-corrected chi connectivity index (χ3v) is 0.716. The van der Waals surface area contributed by atoms with Crippen molar-refractivity contribution in [1.82, 2.24) is 5.43 Å². The van der Waals surface area contributed by atoms with E-state index >= 15 is 0 Å². The summed E-state index contributed by atoms with van der Waals surface area (Å²) in [7, 11) is 1.25. The quantitative estimate of drug-likeness (QED) is 0.135. The van der Waals surface area contributed by atoms with Gasteiger partial charge in [0.2, 0.25) is 0 Å². The zero-order chi connectivity index (χ0) is 7.98. The van der Waals surface area contributed by atoms with Crippen molar-refractivity contribution in [3.63, 3.8) is 0 Å². The SMILES string of the molecule is C=C(N=CNN)C(=O)OC. The van der Waals surface area contributed by atoms with Crippen molar-refractivity contribution in [3.05, 3.63) is 12.3 Å². The van der Waals surface area contributed by atoms with Crippen LogP contribution in [0.2, 0.25) is 0 Å². The maximum Gasteiger partial charge on any atom is 0.356 e. The van der Waals surface area contributed by atoms with Crippen molar-refractivity contribution in [1.29, 1.82) is 0 Å². The molecule has 5 heteroatoms. The van der Waals surface area contributed by atoms with Crippen LogP contribution in [0.4, 0.5) is 0 Å². The molecule has 0 amide bonds. The van der Waals surface area contributed by atoms with Gasteiger partial charge >= 0.3 is 5.97 Å². The van der Waals surface area contributed by atoms with Crippen LogP contribution in [-0.2, 0) is 9.53 Å². The Balaban J connectivity index is 3.85. The highest BCUT2D eigenvalue weighted by atomic mass is 16.5. The van der Waals surface area contributed by atoms with Crippen LogP contribution in [-0.4, -0.2) is 19.4 Å². The normalized spacial score (nSPS) is 9.40. The second-order valence-electron chi connectivity index (χ2n) is 1.36. The number of nitrogens with zero attached hydrogens (tertiary/aromatic N) is 1. The summed E-state index contributed by atoms with van der Waals surface area (Å²) in [5.74, 6) is 4.25. The molecule has 0 aliphatic rings. The molecule has 3 N–H and O–H groups in total. The van der Waals surface area contributed by atoms with E-state index in [0.717, 1.165) is 6.34 Å². The first-order valence-corrected chi connectivity index (χ1v) is 2.48. The number of methoxy groups -OCH3 is 1. The van der Waals surface area contributed by atoms with E-state index in [2.05, 4.69) is 21.7 Å². The Kier molecular flexibility index (Phi) is 3.90. The van der Waals surface area contributed by atoms with E-state index in [1.54, 1.807) is 0 Å². The number of nitrogens with one attached hydrogen (secondary N) is 1. The molecule has 0 aromatic rings. The summed E-state index contributed by atoms with van der Waals surface area (Å²) in [6.45, 7) is 3.29. The van der Waals surface area contributed by atoms with Crippen molar-refractivity contribution >= 4 is 12.3 Å². The van der Waals surface area contributed by atoms with Gasteiger partial charge in [-0.05, 0) is 0 Å². The molecule has 5 nitrogen and oxygen atoms in total. The van der Waals surface area contributed by atoms with Gasteiger partial charge in [-0.3, -0.25) is 0 Å². The molecule has 10 heavy (non-hydrogen) atoms. The van der Waals surface area contributed by atoms with E-state index < -0.39 is 5.97 Å². The van der Waals surface area contributed by atoms with Crippen LogP contribution in [0.25, 0.3) is 0 Å². The number of carbonyl (C=O) groups excluding carboxylic acids is 1. The first-order valence-electron chi connectivity index (χ1n) is 2.48. The molecule has 0 heterocycles. The molecule has 0 aliphatic carbocycles. The summed E-state index contributed by atoms with van der Waals surface area (Å²) < 4.78 is 4.29. The van der Waals surface area contributed by atoms with Crippen molar-refractivity contribution in [2.75, 3.05) is 7.11 Å². The first kappa shape index (κ1) is 8.64. The molecule has 0 bridgehead atoms. The number of ether oxygens (including phenoxy) is 1. The molecule has 0 fully saturated rings. The first-order chi connectivity index (χ1) is 4.72. The second kappa shape index (κ2) is 4.51. The molecule has 0 atom stereocenters. The van der Waals surface area contributed by atoms with Crippen LogP contribution >= 0.6 is 0 Å². The summed E-state index contributed by atoms with van der Waals surface area (Å²) in [4.78, 5) is 14.0. The summed E-state index contributed by atoms with van der Waals surface area (Å²) in [5.41, 5.74) is 2.12. The van der Waals surface area contributed by atoms with E-state index in [4.69, 9.17) is 5.84 Å². The van der Waals surface area contributed by atoms with E-state index in [9.17, 15) is 4.79 Å². The Labute approximate surface area is 58.5 Å². The van der Waals surface area contributed by atoms with Gasteiger partial charge in [-0.25, -0.2) is 15.6 Å². The topological polar surface area (TPSA) is 76.7 Å². The number of hydrogen-bond acceptors (Lipinski definition) is 4. The third-order valence-electron chi connectivity index (χ3n) is 0.716. The fraction of sp³-hybridized carbons (Fsp3) is 0.200. The molecule has 0 aromatic heterocycles. The van der Waals surface area contributed by atoms with Crippen molar-refractivity contribution in [2.24, 2.45) is 10.8 Å². The van der Waals surface area contributed by atoms with E-state index in [0.29, 0.717) is 0 Å². The maximum atomic E-state index is 10.5. The number of esters is 1. The summed E-state index contributed by atoms with van der Waals surface area (Å²) in [5, 5.41) is 0. The van der Waals surface area contributed by atoms with Crippen molar-refractivity contribution in [2.45, 2.75) is 0 Å². The van der Waals surface area contributed by atoms with Crippen LogP contribution in [0.15, 0.2) is 17.3 Å². The Morgan fingerprint density at radius 3 is 2.90 bits per heavy atom. The Bertz CT molecular complexity index is 164. The number of aliphatic imine (C=N–C) groups is 1. The highest BCUT2D eigenvalue weighted by Crippen LogP contribution is 1.92. The molecule has 0 aliphatic heterocycles. The number of hydrazine groups is 1. The highest BCUT2D eigenvalue weighted by molar-refractivity contribution is 5.88. The predicted molar refractivity (Wildman–Crippen MR) is 37.0 cm³/mol. The molecular weight excluding hydrogens is 134 g/mol. The van der Waals surface area contributed by atoms with Crippen molar-refractivity contribution in [3.8, 4) is 0 Å². The standard InChI is InChI=1S/C5H9N3O2/c1-4(5(9)10-2)7-3-8-6/h3H,1,6H2,2H3,(H,7,8). The van der Waals surface area contributed by atoms with Crippen LogP contribution in [0.3, 0.4) is 0 Å². The molecule has 0 spiro atoms. The Hall–Kier alpha value is -1.36. The lowest BCUT2D eigenvalue weighted by molar-refractivity contribution is -0.136. The lowest BCUT2D eigenvalue weighted by atomic mass is 10.5. The summed E-state index contributed by atoms with van der Waals surface area (Å²) in [6, 6.07) is 0. The van der Waals surface area contributed by atoms with Gasteiger partial charge in [-0.2, -0.15) is 0 Å². The van der Waals surface area contributed by atoms with Gasteiger partial charge in [-0.15, -0.1) is 0 Å². The maximum absolute atomic E-state index is 10.5. The monoisotopic (exact) mass is 143 g/mol. The van der Waals surface area contributed by atoms with E-state index in [-0.39, 0.29) is 5.70 Å². The second-order valence-corrected chi connectivity index (χ2v) is 1.36. The number of carbonyl (C=O) groups is 1. The van der Waals surface area contributed by atoms with Crippen LogP contribution in [0, 0.1) is 0 Å². The smallest absolute Gasteiger partial charge is 0.356 e. The van der Waals surface area contributed by atoms with E-state index in [1.807, 2.05) is 0 Å². The fourth-order valence-corrected chi connectivity index (χ4v) is 0.286. The molecule has 0 aromatic carbocycles. The summed E-state index contributed by atoms with van der Waals surface area (Å²) in [6.07, 6.45) is 1.14. The minimum Gasteiger partial charge on any atom is -0.464 e. The van der Waals surface area contributed by atoms with Crippen LogP contribution in [0.1, 0.15) is 0 Å². The molecule has 56 valence electrons. The van der Waals surface area contributed by atoms with Gasteiger partial charge in [0.1, 0.15) is 12.0 Å². The van der Waals surface area contributed by atoms with Gasteiger partial charge in [0.05, 0.1) is 7.11 Å². The lowest BCUT2D eigenvalue weighted by Crippen LogP contribution is -2.19. The lowest BCUT2D eigenvalue weighted by Gasteiger charge is -1.94. The molecule has 0 radical (unpaired) electrons. The van der Waals surface area contributed by atoms with Crippen LogP contribution < -0.4 is 11.3 Å². The molecule has 0 unspecified atom stereocenters. The molecule has 0 saturated carbocycles. The van der Waals surface area contributed by atoms with Gasteiger partial charge < -0.3 is 10.2 Å². The number of rotatable bonds is 3. The highest BCUT2D eigenvalue weighted by Gasteiger charge is 2.01. The molecule has 0 saturated heterocycles. The van der Waals surface area contributed by atoms with Gasteiger partial charge in [-0.1, -0.05) is 6.58 Å². The minimum absolute atomic E-state index is 0.000417. The molecular formula is C5H9N3O2. The zero-order valence-corrected chi connectivity index (χ0v) is 5.63. The molecule has 0 rings (SSSR count). The van der Waals surface area contributed by atoms with Crippen LogP contribution in [0.5, 0.6) is 0 Å².